The summed E-state index contributed by atoms with van der Waals surface area (Å²) in [6, 6.07) is 4.17. The van der Waals surface area contributed by atoms with Crippen molar-refractivity contribution in [3.8, 4) is 0 Å². The standard InChI is InChI=1S/C10H13NO2S/c12-10(6-9-2-1-5-14-9)11-8-3-4-13-7-8/h1-2,5,8H,3-4,6-7H2,(H,11,12). The van der Waals surface area contributed by atoms with Crippen molar-refractivity contribution in [2.75, 3.05) is 13.2 Å². The van der Waals surface area contributed by atoms with Crippen LogP contribution in [0, 0.1) is 0 Å². The van der Waals surface area contributed by atoms with E-state index >= 15 is 0 Å². The Kier molecular flexibility index (Phi) is 3.16. The van der Waals surface area contributed by atoms with E-state index in [0.717, 1.165) is 17.9 Å². The molecule has 1 fully saturated rings. The fourth-order valence-electron chi connectivity index (χ4n) is 1.50. The Morgan fingerprint density at radius 3 is 3.29 bits per heavy atom. The van der Waals surface area contributed by atoms with Gasteiger partial charge in [0, 0.05) is 11.5 Å². The number of thiophene rings is 1. The van der Waals surface area contributed by atoms with Crippen LogP contribution in [-0.2, 0) is 16.0 Å². The van der Waals surface area contributed by atoms with Crippen molar-refractivity contribution in [3.63, 3.8) is 0 Å². The summed E-state index contributed by atoms with van der Waals surface area (Å²) < 4.78 is 5.18. The number of hydrogen-bond acceptors (Lipinski definition) is 3. The van der Waals surface area contributed by atoms with E-state index in [1.807, 2.05) is 17.5 Å². The Morgan fingerprint density at radius 2 is 2.64 bits per heavy atom. The van der Waals surface area contributed by atoms with Crippen LogP contribution in [0.5, 0.6) is 0 Å². The second-order valence-electron chi connectivity index (χ2n) is 3.38. The third-order valence-corrected chi connectivity index (χ3v) is 3.09. The van der Waals surface area contributed by atoms with E-state index in [-0.39, 0.29) is 11.9 Å². The topological polar surface area (TPSA) is 38.3 Å². The highest BCUT2D eigenvalue weighted by Gasteiger charge is 2.17. The molecule has 4 heteroatoms. The molecule has 14 heavy (non-hydrogen) atoms. The predicted octanol–water partition coefficient (Wildman–Crippen LogP) is 1.20. The maximum atomic E-state index is 11.5. The molecule has 1 unspecified atom stereocenters. The van der Waals surface area contributed by atoms with E-state index in [9.17, 15) is 4.79 Å². The molecule has 0 bridgehead atoms. The van der Waals surface area contributed by atoms with Gasteiger partial charge in [0.05, 0.1) is 19.1 Å². The van der Waals surface area contributed by atoms with Crippen LogP contribution in [0.25, 0.3) is 0 Å². The molecule has 1 amide bonds. The highest BCUT2D eigenvalue weighted by atomic mass is 32.1. The highest BCUT2D eigenvalue weighted by Crippen LogP contribution is 2.10. The zero-order valence-corrected chi connectivity index (χ0v) is 8.68. The minimum absolute atomic E-state index is 0.1000. The van der Waals surface area contributed by atoms with Gasteiger partial charge in [0.15, 0.2) is 0 Å². The molecule has 0 spiro atoms. The Morgan fingerprint density at radius 1 is 1.71 bits per heavy atom. The number of nitrogens with one attached hydrogen (secondary N) is 1. The van der Waals surface area contributed by atoms with Crippen LogP contribution in [-0.4, -0.2) is 25.2 Å². The van der Waals surface area contributed by atoms with Gasteiger partial charge in [-0.1, -0.05) is 6.07 Å². The first-order chi connectivity index (χ1) is 6.84. The lowest BCUT2D eigenvalue weighted by molar-refractivity contribution is -0.121. The lowest BCUT2D eigenvalue weighted by Crippen LogP contribution is -2.35. The molecule has 1 saturated heterocycles. The van der Waals surface area contributed by atoms with Gasteiger partial charge in [-0.25, -0.2) is 0 Å². The molecule has 0 radical (unpaired) electrons. The zero-order valence-electron chi connectivity index (χ0n) is 7.86. The second kappa shape index (κ2) is 4.57. The van der Waals surface area contributed by atoms with Crippen LogP contribution < -0.4 is 5.32 Å². The maximum Gasteiger partial charge on any atom is 0.225 e. The van der Waals surface area contributed by atoms with Crippen LogP contribution >= 0.6 is 11.3 Å². The van der Waals surface area contributed by atoms with Crippen LogP contribution in [0.1, 0.15) is 11.3 Å². The molecule has 1 aliphatic rings. The molecular formula is C10H13NO2S. The van der Waals surface area contributed by atoms with Crippen molar-refractivity contribution in [1.29, 1.82) is 0 Å². The van der Waals surface area contributed by atoms with Gasteiger partial charge in [-0.05, 0) is 17.9 Å². The Bertz CT molecular complexity index is 291. The minimum Gasteiger partial charge on any atom is -0.379 e. The molecule has 1 N–H and O–H groups in total. The Balaban J connectivity index is 1.78. The van der Waals surface area contributed by atoms with Crippen LogP contribution in [0.15, 0.2) is 17.5 Å². The largest absolute Gasteiger partial charge is 0.379 e. The first kappa shape index (κ1) is 9.68. The average molecular weight is 211 g/mol. The van der Waals surface area contributed by atoms with Crippen LogP contribution in [0.2, 0.25) is 0 Å². The van der Waals surface area contributed by atoms with E-state index in [1.54, 1.807) is 11.3 Å². The summed E-state index contributed by atoms with van der Waals surface area (Å²) in [6.07, 6.45) is 1.43. The summed E-state index contributed by atoms with van der Waals surface area (Å²) >= 11 is 1.62. The third kappa shape index (κ3) is 2.56. The Labute approximate surface area is 87.1 Å². The van der Waals surface area contributed by atoms with E-state index in [1.165, 1.54) is 0 Å². The number of hydrogen-bond donors (Lipinski definition) is 1. The third-order valence-electron chi connectivity index (χ3n) is 2.21. The van der Waals surface area contributed by atoms with E-state index in [4.69, 9.17) is 4.74 Å². The molecule has 2 rings (SSSR count). The normalized spacial score (nSPS) is 21.0. The van der Waals surface area contributed by atoms with Gasteiger partial charge in [0.1, 0.15) is 0 Å². The lowest BCUT2D eigenvalue weighted by Gasteiger charge is -2.09. The molecule has 1 aromatic rings. The van der Waals surface area contributed by atoms with E-state index in [0.29, 0.717) is 13.0 Å². The number of rotatable bonds is 3. The van der Waals surface area contributed by atoms with Gasteiger partial charge < -0.3 is 10.1 Å². The van der Waals surface area contributed by atoms with Gasteiger partial charge in [0.25, 0.3) is 0 Å². The first-order valence-corrected chi connectivity index (χ1v) is 5.62. The molecule has 1 atom stereocenters. The monoisotopic (exact) mass is 211 g/mol. The van der Waals surface area contributed by atoms with E-state index in [2.05, 4.69) is 5.32 Å². The molecule has 3 nitrogen and oxygen atoms in total. The van der Waals surface area contributed by atoms with Crippen molar-refractivity contribution in [1.82, 2.24) is 5.32 Å². The molecule has 0 aliphatic carbocycles. The number of amides is 1. The second-order valence-corrected chi connectivity index (χ2v) is 4.42. The molecule has 1 aromatic heterocycles. The first-order valence-electron chi connectivity index (χ1n) is 4.74. The molecule has 0 saturated carbocycles. The molecule has 2 heterocycles. The fourth-order valence-corrected chi connectivity index (χ4v) is 2.20. The molecule has 1 aliphatic heterocycles. The summed E-state index contributed by atoms with van der Waals surface area (Å²) in [6.45, 7) is 1.43. The van der Waals surface area contributed by atoms with Crippen molar-refractivity contribution in [3.05, 3.63) is 22.4 Å². The summed E-state index contributed by atoms with van der Waals surface area (Å²) in [5.74, 6) is 0.1000. The fraction of sp³-hybridized carbons (Fsp3) is 0.500. The average Bonchev–Trinajstić information content (AvgIpc) is 2.76. The molecular weight excluding hydrogens is 198 g/mol. The van der Waals surface area contributed by atoms with Crippen molar-refractivity contribution < 1.29 is 9.53 Å². The quantitative estimate of drug-likeness (QED) is 0.815. The molecule has 76 valence electrons. The van der Waals surface area contributed by atoms with E-state index < -0.39 is 0 Å². The van der Waals surface area contributed by atoms with Gasteiger partial charge in [-0.15, -0.1) is 11.3 Å². The van der Waals surface area contributed by atoms with Crippen molar-refractivity contribution in [2.45, 2.75) is 18.9 Å². The summed E-state index contributed by atoms with van der Waals surface area (Å²) in [7, 11) is 0. The maximum absolute atomic E-state index is 11.5. The zero-order chi connectivity index (χ0) is 9.80. The number of carbonyl (C=O) groups excluding carboxylic acids is 1. The van der Waals surface area contributed by atoms with Gasteiger partial charge in [-0.3, -0.25) is 4.79 Å². The van der Waals surface area contributed by atoms with Crippen LogP contribution in [0.3, 0.4) is 0 Å². The minimum atomic E-state index is 0.1000. The van der Waals surface area contributed by atoms with Gasteiger partial charge >= 0.3 is 0 Å². The summed E-state index contributed by atoms with van der Waals surface area (Å²) in [4.78, 5) is 12.6. The highest BCUT2D eigenvalue weighted by molar-refractivity contribution is 7.10. The number of carbonyl (C=O) groups is 1. The molecule has 0 aromatic carbocycles. The van der Waals surface area contributed by atoms with Crippen molar-refractivity contribution >= 4 is 17.2 Å². The van der Waals surface area contributed by atoms with Gasteiger partial charge in [-0.2, -0.15) is 0 Å². The van der Waals surface area contributed by atoms with Crippen molar-refractivity contribution in [2.24, 2.45) is 0 Å². The van der Waals surface area contributed by atoms with Gasteiger partial charge in [0.2, 0.25) is 5.91 Å². The SMILES string of the molecule is O=C(Cc1cccs1)NC1CCOC1. The van der Waals surface area contributed by atoms with Crippen LogP contribution in [0.4, 0.5) is 0 Å². The summed E-state index contributed by atoms with van der Waals surface area (Å²) in [5.41, 5.74) is 0. The predicted molar refractivity (Wildman–Crippen MR) is 55.4 cm³/mol. The summed E-state index contributed by atoms with van der Waals surface area (Å²) in [5, 5.41) is 4.95. The Hall–Kier alpha value is -0.870. The smallest absolute Gasteiger partial charge is 0.225 e. The lowest BCUT2D eigenvalue weighted by atomic mass is 10.2. The number of ether oxygens (including phenoxy) is 1.